The van der Waals surface area contributed by atoms with Crippen molar-refractivity contribution in [2.75, 3.05) is 6.61 Å². The zero-order chi connectivity index (χ0) is 22.5. The molecule has 5 nitrogen and oxygen atoms in total. The second-order valence-electron chi connectivity index (χ2n) is 10.5. The topological polar surface area (TPSA) is 64.6 Å². The first kappa shape index (κ1) is 24.6. The SMILES string of the molecule is CC1=CC(C)C([C@@H](C2CCCC2)[C@H](C)OC[C@](C)(C=O)NC(=O)OC(C)(C)C)C=C1. The number of carbonyl (C=O) groups is 2. The van der Waals surface area contributed by atoms with Crippen molar-refractivity contribution in [1.29, 1.82) is 0 Å². The van der Waals surface area contributed by atoms with Gasteiger partial charge in [0.15, 0.2) is 0 Å². The summed E-state index contributed by atoms with van der Waals surface area (Å²) in [4.78, 5) is 24.0. The van der Waals surface area contributed by atoms with Gasteiger partial charge in [0, 0.05) is 0 Å². The van der Waals surface area contributed by atoms with Crippen molar-refractivity contribution in [1.82, 2.24) is 5.32 Å². The Bertz CT molecular complexity index is 657. The molecular formula is C25H41NO4. The molecule has 0 aromatic heterocycles. The fourth-order valence-corrected chi connectivity index (χ4v) is 4.90. The minimum absolute atomic E-state index is 0.0169. The van der Waals surface area contributed by atoms with Gasteiger partial charge in [-0.1, -0.05) is 56.4 Å². The number of alkyl carbamates (subject to hydrolysis) is 1. The Balaban J connectivity index is 2.07. The smallest absolute Gasteiger partial charge is 0.408 e. The molecule has 0 aromatic carbocycles. The summed E-state index contributed by atoms with van der Waals surface area (Å²) in [5, 5.41) is 2.68. The van der Waals surface area contributed by atoms with Crippen LogP contribution in [0.5, 0.6) is 0 Å². The van der Waals surface area contributed by atoms with Crippen molar-refractivity contribution in [3.63, 3.8) is 0 Å². The molecule has 1 N–H and O–H groups in total. The molecule has 0 bridgehead atoms. The first-order valence-corrected chi connectivity index (χ1v) is 11.4. The molecule has 0 heterocycles. The minimum atomic E-state index is -1.12. The molecule has 5 atom stereocenters. The summed E-state index contributed by atoms with van der Waals surface area (Å²) >= 11 is 0. The number of rotatable bonds is 8. The van der Waals surface area contributed by atoms with E-state index in [-0.39, 0.29) is 12.7 Å². The second kappa shape index (κ2) is 10.1. The summed E-state index contributed by atoms with van der Waals surface area (Å²) in [5.41, 5.74) is -0.431. The molecule has 0 aliphatic heterocycles. The van der Waals surface area contributed by atoms with Gasteiger partial charge in [-0.05, 0) is 65.2 Å². The molecule has 0 spiro atoms. The van der Waals surface area contributed by atoms with Gasteiger partial charge >= 0.3 is 6.09 Å². The standard InChI is InChI=1S/C25H41NO4/c1-17-12-13-21(18(2)14-17)22(20-10-8-9-11-20)19(3)29-16-25(7,15-27)26-23(28)30-24(4,5)6/h12-15,18-22H,8-11,16H2,1-7H3,(H,26,28)/t18?,19-,21?,22+,25-/m0/s1. The summed E-state index contributed by atoms with van der Waals surface area (Å²) in [6, 6.07) is 0. The van der Waals surface area contributed by atoms with Gasteiger partial charge in [0.2, 0.25) is 0 Å². The molecule has 0 saturated heterocycles. The van der Waals surface area contributed by atoms with Crippen LogP contribution in [0.15, 0.2) is 23.8 Å². The maximum atomic E-state index is 12.2. The van der Waals surface area contributed by atoms with E-state index < -0.39 is 17.2 Å². The van der Waals surface area contributed by atoms with Crippen molar-refractivity contribution >= 4 is 12.4 Å². The number of carbonyl (C=O) groups excluding carboxylic acids is 2. The lowest BCUT2D eigenvalue weighted by Crippen LogP contribution is -2.53. The van der Waals surface area contributed by atoms with Crippen LogP contribution in [-0.4, -0.2) is 36.2 Å². The van der Waals surface area contributed by atoms with Crippen LogP contribution in [0.25, 0.3) is 0 Å². The minimum Gasteiger partial charge on any atom is -0.444 e. The van der Waals surface area contributed by atoms with Crippen LogP contribution in [0.2, 0.25) is 0 Å². The average molecular weight is 420 g/mol. The lowest BCUT2D eigenvalue weighted by atomic mass is 9.70. The van der Waals surface area contributed by atoms with E-state index >= 15 is 0 Å². The molecule has 1 amide bonds. The van der Waals surface area contributed by atoms with Crippen LogP contribution in [0, 0.1) is 23.7 Å². The third-order valence-electron chi connectivity index (χ3n) is 6.34. The van der Waals surface area contributed by atoms with Crippen molar-refractivity contribution in [3.05, 3.63) is 23.8 Å². The largest absolute Gasteiger partial charge is 0.444 e. The fourth-order valence-electron chi connectivity index (χ4n) is 4.90. The summed E-state index contributed by atoms with van der Waals surface area (Å²) in [6.45, 7) is 13.7. The van der Waals surface area contributed by atoms with Gasteiger partial charge in [-0.2, -0.15) is 0 Å². The quantitative estimate of drug-likeness (QED) is 0.531. The molecule has 1 saturated carbocycles. The third-order valence-corrected chi connectivity index (χ3v) is 6.34. The number of allylic oxidation sites excluding steroid dienone is 4. The molecule has 5 heteroatoms. The predicted molar refractivity (Wildman–Crippen MR) is 120 cm³/mol. The Morgan fingerprint density at radius 3 is 2.43 bits per heavy atom. The number of hydrogen-bond acceptors (Lipinski definition) is 4. The van der Waals surface area contributed by atoms with Crippen LogP contribution in [-0.2, 0) is 14.3 Å². The normalized spacial score (nSPS) is 26.4. The average Bonchev–Trinajstić information content (AvgIpc) is 3.14. The molecule has 2 aliphatic rings. The Morgan fingerprint density at radius 2 is 1.90 bits per heavy atom. The number of ether oxygens (including phenoxy) is 2. The van der Waals surface area contributed by atoms with Gasteiger partial charge in [-0.15, -0.1) is 0 Å². The first-order valence-electron chi connectivity index (χ1n) is 11.4. The summed E-state index contributed by atoms with van der Waals surface area (Å²) in [7, 11) is 0. The lowest BCUT2D eigenvalue weighted by Gasteiger charge is -2.39. The van der Waals surface area contributed by atoms with Gasteiger partial charge in [-0.3, -0.25) is 0 Å². The van der Waals surface area contributed by atoms with Crippen LogP contribution in [0.1, 0.15) is 74.1 Å². The number of hydrogen-bond donors (Lipinski definition) is 1. The van der Waals surface area contributed by atoms with Crippen LogP contribution in [0.3, 0.4) is 0 Å². The Morgan fingerprint density at radius 1 is 1.27 bits per heavy atom. The Kier molecular flexibility index (Phi) is 8.32. The third kappa shape index (κ3) is 6.97. The van der Waals surface area contributed by atoms with Crippen molar-refractivity contribution in [3.8, 4) is 0 Å². The lowest BCUT2D eigenvalue weighted by molar-refractivity contribution is -0.117. The van der Waals surface area contributed by atoms with Gasteiger partial charge in [0.25, 0.3) is 0 Å². The predicted octanol–water partition coefficient (Wildman–Crippen LogP) is 5.45. The zero-order valence-electron chi connectivity index (χ0n) is 19.9. The van der Waals surface area contributed by atoms with Crippen molar-refractivity contribution in [2.45, 2.75) is 91.4 Å². The van der Waals surface area contributed by atoms with E-state index in [9.17, 15) is 9.59 Å². The molecule has 0 aromatic rings. The molecule has 170 valence electrons. The highest BCUT2D eigenvalue weighted by Crippen LogP contribution is 2.43. The monoisotopic (exact) mass is 419 g/mol. The van der Waals surface area contributed by atoms with E-state index in [0.717, 1.165) is 6.29 Å². The van der Waals surface area contributed by atoms with E-state index in [1.807, 2.05) is 0 Å². The van der Waals surface area contributed by atoms with Gasteiger partial charge in [-0.25, -0.2) is 4.79 Å². The maximum absolute atomic E-state index is 12.2. The number of aldehydes is 1. The zero-order valence-corrected chi connectivity index (χ0v) is 19.9. The van der Waals surface area contributed by atoms with Crippen LogP contribution >= 0.6 is 0 Å². The van der Waals surface area contributed by atoms with Gasteiger partial charge < -0.3 is 19.6 Å². The van der Waals surface area contributed by atoms with Crippen LogP contribution in [0.4, 0.5) is 4.79 Å². The van der Waals surface area contributed by atoms with E-state index in [2.05, 4.69) is 44.3 Å². The molecule has 2 rings (SSSR count). The molecule has 2 unspecified atom stereocenters. The molecule has 0 radical (unpaired) electrons. The summed E-state index contributed by atoms with van der Waals surface area (Å²) in [6.07, 6.45) is 12.1. The highest BCUT2D eigenvalue weighted by Gasteiger charge is 2.39. The summed E-state index contributed by atoms with van der Waals surface area (Å²) in [5.74, 6) is 1.91. The Hall–Kier alpha value is -1.62. The number of nitrogens with one attached hydrogen (secondary N) is 1. The molecular weight excluding hydrogens is 378 g/mol. The van der Waals surface area contributed by atoms with E-state index in [0.29, 0.717) is 23.7 Å². The highest BCUT2D eigenvalue weighted by molar-refractivity contribution is 5.76. The second-order valence-corrected chi connectivity index (χ2v) is 10.5. The molecule has 1 fully saturated rings. The maximum Gasteiger partial charge on any atom is 0.408 e. The van der Waals surface area contributed by atoms with Crippen molar-refractivity contribution < 1.29 is 19.1 Å². The van der Waals surface area contributed by atoms with E-state index in [1.54, 1.807) is 27.7 Å². The first-order chi connectivity index (χ1) is 13.9. The summed E-state index contributed by atoms with van der Waals surface area (Å²) < 4.78 is 11.6. The fraction of sp³-hybridized carbons (Fsp3) is 0.760. The molecule has 30 heavy (non-hydrogen) atoms. The van der Waals surface area contributed by atoms with Crippen molar-refractivity contribution in [2.24, 2.45) is 23.7 Å². The van der Waals surface area contributed by atoms with Crippen LogP contribution < -0.4 is 5.32 Å². The van der Waals surface area contributed by atoms with Gasteiger partial charge in [0.05, 0.1) is 12.7 Å². The molecule has 2 aliphatic carbocycles. The highest BCUT2D eigenvalue weighted by atomic mass is 16.6. The van der Waals surface area contributed by atoms with E-state index in [4.69, 9.17) is 9.47 Å². The Labute approximate surface area is 182 Å². The van der Waals surface area contributed by atoms with Gasteiger partial charge in [0.1, 0.15) is 17.4 Å². The van der Waals surface area contributed by atoms with E-state index in [1.165, 1.54) is 31.3 Å². The number of amides is 1.